The minimum atomic E-state index is -4.18. The third kappa shape index (κ3) is 6.62. The van der Waals surface area contributed by atoms with Gasteiger partial charge in [0.1, 0.15) is 24.1 Å². The number of nitrogens with zero attached hydrogens (tertiary/aromatic N) is 4. The fraction of sp³-hybridized carbons (Fsp3) is 0.538. The van der Waals surface area contributed by atoms with E-state index in [9.17, 15) is 14.5 Å². The highest BCUT2D eigenvalue weighted by Gasteiger charge is 2.52. The van der Waals surface area contributed by atoms with Crippen LogP contribution >= 0.6 is 7.75 Å². The smallest absolute Gasteiger partial charge is 0.459 e. The number of hydrogen-bond donors (Lipinski definition) is 3. The molecule has 0 saturated carbocycles. The summed E-state index contributed by atoms with van der Waals surface area (Å²) in [5, 5.41) is 14.0. The van der Waals surface area contributed by atoms with Crippen LogP contribution in [0.2, 0.25) is 0 Å². The van der Waals surface area contributed by atoms with E-state index >= 15 is 0 Å². The molecule has 0 radical (unpaired) electrons. The number of aromatic nitrogens is 4. The quantitative estimate of drug-likeness (QED) is 0.206. The van der Waals surface area contributed by atoms with Crippen molar-refractivity contribution >= 4 is 30.8 Å². The van der Waals surface area contributed by atoms with Crippen LogP contribution in [-0.2, 0) is 23.4 Å². The van der Waals surface area contributed by atoms with E-state index < -0.39 is 43.6 Å². The first kappa shape index (κ1) is 30.7. The topological polar surface area (TPSA) is 182 Å². The number of benzene rings is 1. The van der Waals surface area contributed by atoms with Crippen molar-refractivity contribution in [2.75, 3.05) is 19.5 Å². The second kappa shape index (κ2) is 12.3. The fourth-order valence-corrected chi connectivity index (χ4v) is 6.11. The van der Waals surface area contributed by atoms with Crippen molar-refractivity contribution in [2.24, 2.45) is 5.41 Å². The molecule has 0 spiro atoms. The maximum Gasteiger partial charge on any atom is 0.459 e. The number of aliphatic hydroxyl groups is 1. The predicted octanol–water partition coefficient (Wildman–Crippen LogP) is 3.23. The van der Waals surface area contributed by atoms with Gasteiger partial charge in [-0.2, -0.15) is 15.1 Å². The number of nitrogen functional groups attached to an aromatic ring is 1. The predicted molar refractivity (Wildman–Crippen MR) is 149 cm³/mol. The molecule has 1 saturated heterocycles. The van der Waals surface area contributed by atoms with Gasteiger partial charge in [0.25, 0.3) is 0 Å². The van der Waals surface area contributed by atoms with Gasteiger partial charge in [-0.25, -0.2) is 9.55 Å². The second-order valence-corrected chi connectivity index (χ2v) is 12.2. The average molecular weight is 593 g/mol. The molecule has 5 atom stereocenters. The zero-order valence-electron chi connectivity index (χ0n) is 23.9. The molecule has 5 unspecified atom stereocenters. The van der Waals surface area contributed by atoms with Crippen LogP contribution in [0.25, 0.3) is 11.2 Å². The van der Waals surface area contributed by atoms with Crippen LogP contribution in [0.15, 0.2) is 36.7 Å². The van der Waals surface area contributed by atoms with Gasteiger partial charge < -0.3 is 29.6 Å². The van der Waals surface area contributed by atoms with Crippen LogP contribution in [0.1, 0.15) is 47.3 Å². The van der Waals surface area contributed by atoms with Gasteiger partial charge in [-0.3, -0.25) is 13.9 Å². The number of nitrogens with two attached hydrogens (primary N) is 1. The van der Waals surface area contributed by atoms with Crippen LogP contribution in [0.3, 0.4) is 0 Å². The molecule has 4 rings (SSSR count). The monoisotopic (exact) mass is 592 g/mol. The lowest BCUT2D eigenvalue weighted by Gasteiger charge is -2.29. The Kier molecular flexibility index (Phi) is 9.19. The average Bonchev–Trinajstić information content (AvgIpc) is 3.43. The highest BCUT2D eigenvalue weighted by Crippen LogP contribution is 2.49. The fourth-order valence-electron chi connectivity index (χ4n) is 4.51. The molecule has 4 N–H and O–H groups in total. The second-order valence-electron chi connectivity index (χ2n) is 10.5. The Hall–Kier alpha value is -3.29. The number of esters is 1. The number of para-hydroxylation sites is 1. The van der Waals surface area contributed by atoms with Crippen LogP contribution < -0.4 is 20.1 Å². The van der Waals surface area contributed by atoms with Crippen LogP contribution in [-0.4, -0.2) is 68.7 Å². The molecular weight excluding hydrogens is 555 g/mol. The SMILES string of the molecule is CCC(NP(=O)(OCC1OC(n2cnc3c(OC)nc(N)nc32)C(C)(C)C1O)Oc1ccccc1)C(=O)OC(C)C. The summed E-state index contributed by atoms with van der Waals surface area (Å²) in [5.41, 5.74) is 5.72. The maximum atomic E-state index is 14.0. The standard InChI is InChI=1S/C26H37N6O8P/c1-7-17(23(34)38-15(2)3)31-41(35,40-16-11-9-8-10-12-16)37-13-18-20(33)26(4,5)24(39-18)32-14-28-19-21(32)29-25(27)30-22(19)36-6/h8-12,14-15,17-18,20,24,33H,7,13H2,1-6H3,(H,31,35)(H2,27,29,30). The van der Waals surface area contributed by atoms with Crippen molar-refractivity contribution in [3.8, 4) is 11.6 Å². The van der Waals surface area contributed by atoms with E-state index in [0.717, 1.165) is 0 Å². The van der Waals surface area contributed by atoms with Crippen LogP contribution in [0.4, 0.5) is 5.95 Å². The molecule has 3 heterocycles. The molecule has 0 amide bonds. The summed E-state index contributed by atoms with van der Waals surface area (Å²) >= 11 is 0. The molecule has 2 aromatic heterocycles. The van der Waals surface area contributed by atoms with Gasteiger partial charge in [0.2, 0.25) is 11.8 Å². The van der Waals surface area contributed by atoms with E-state index in [2.05, 4.69) is 20.0 Å². The number of carbonyl (C=O) groups excluding carboxylic acids is 1. The van der Waals surface area contributed by atoms with Gasteiger partial charge in [0, 0.05) is 5.41 Å². The summed E-state index contributed by atoms with van der Waals surface area (Å²) in [6.45, 7) is 8.47. The molecule has 1 aliphatic rings. The Morgan fingerprint density at radius 2 is 1.98 bits per heavy atom. The normalized spacial score (nSPS) is 22.4. The van der Waals surface area contributed by atoms with E-state index in [1.54, 1.807) is 55.7 Å². The first-order chi connectivity index (χ1) is 19.4. The molecule has 41 heavy (non-hydrogen) atoms. The van der Waals surface area contributed by atoms with E-state index in [4.69, 9.17) is 29.0 Å². The molecule has 1 aliphatic heterocycles. The molecule has 1 fully saturated rings. The summed E-state index contributed by atoms with van der Waals surface area (Å²) < 4.78 is 44.0. The molecule has 3 aromatic rings. The van der Waals surface area contributed by atoms with Crippen molar-refractivity contribution in [1.29, 1.82) is 0 Å². The minimum Gasteiger partial charge on any atom is -0.479 e. The molecule has 224 valence electrons. The van der Waals surface area contributed by atoms with Gasteiger partial charge in [0.15, 0.2) is 11.2 Å². The summed E-state index contributed by atoms with van der Waals surface area (Å²) in [7, 11) is -2.74. The van der Waals surface area contributed by atoms with Crippen molar-refractivity contribution in [3.05, 3.63) is 36.7 Å². The number of ether oxygens (including phenoxy) is 3. The van der Waals surface area contributed by atoms with Crippen molar-refractivity contribution in [2.45, 2.75) is 71.6 Å². The van der Waals surface area contributed by atoms with Crippen molar-refractivity contribution < 1.29 is 37.7 Å². The number of carbonyl (C=O) groups is 1. The number of fused-ring (bicyclic) bond motifs is 1. The Balaban J connectivity index is 1.58. The van der Waals surface area contributed by atoms with Gasteiger partial charge in [-0.15, -0.1) is 0 Å². The van der Waals surface area contributed by atoms with E-state index in [1.807, 2.05) is 13.8 Å². The van der Waals surface area contributed by atoms with Crippen molar-refractivity contribution in [1.82, 2.24) is 24.6 Å². The summed E-state index contributed by atoms with van der Waals surface area (Å²) in [6, 6.07) is 7.44. The summed E-state index contributed by atoms with van der Waals surface area (Å²) in [5.74, 6) is -0.143. The highest BCUT2D eigenvalue weighted by molar-refractivity contribution is 7.52. The third-order valence-corrected chi connectivity index (χ3v) is 8.21. The summed E-state index contributed by atoms with van der Waals surface area (Å²) in [6.07, 6.45) is -1.37. The number of anilines is 1. The van der Waals surface area contributed by atoms with E-state index in [1.165, 1.54) is 13.4 Å². The highest BCUT2D eigenvalue weighted by atomic mass is 31.2. The number of methoxy groups -OCH3 is 1. The van der Waals surface area contributed by atoms with E-state index in [0.29, 0.717) is 11.2 Å². The number of aliphatic hydroxyl groups excluding tert-OH is 1. The van der Waals surface area contributed by atoms with Crippen molar-refractivity contribution in [3.63, 3.8) is 0 Å². The lowest BCUT2D eigenvalue weighted by molar-refractivity contribution is -0.149. The minimum absolute atomic E-state index is 0.0149. The number of imidazole rings is 1. The molecular formula is C26H37N6O8P. The number of rotatable bonds is 12. The zero-order valence-corrected chi connectivity index (χ0v) is 24.8. The first-order valence-corrected chi connectivity index (χ1v) is 14.8. The molecule has 1 aromatic carbocycles. The number of hydrogen-bond acceptors (Lipinski definition) is 12. The molecule has 0 aliphatic carbocycles. The molecule has 14 nitrogen and oxygen atoms in total. The zero-order chi connectivity index (χ0) is 29.9. The van der Waals surface area contributed by atoms with Crippen LogP contribution in [0, 0.1) is 5.41 Å². The van der Waals surface area contributed by atoms with Gasteiger partial charge >= 0.3 is 13.7 Å². The largest absolute Gasteiger partial charge is 0.479 e. The Morgan fingerprint density at radius 1 is 1.27 bits per heavy atom. The Morgan fingerprint density at radius 3 is 2.61 bits per heavy atom. The van der Waals surface area contributed by atoms with Gasteiger partial charge in [0.05, 0.1) is 32.3 Å². The lowest BCUT2D eigenvalue weighted by Crippen LogP contribution is -2.39. The maximum absolute atomic E-state index is 14.0. The lowest BCUT2D eigenvalue weighted by atomic mass is 9.84. The van der Waals surface area contributed by atoms with Gasteiger partial charge in [-0.05, 0) is 32.4 Å². The molecule has 15 heteroatoms. The Bertz CT molecular complexity index is 1400. The number of nitrogens with one attached hydrogen (secondary N) is 1. The van der Waals surface area contributed by atoms with Gasteiger partial charge in [-0.1, -0.05) is 39.0 Å². The first-order valence-electron chi connectivity index (χ1n) is 13.2. The molecule has 0 bridgehead atoms. The summed E-state index contributed by atoms with van der Waals surface area (Å²) in [4.78, 5) is 25.3. The van der Waals surface area contributed by atoms with E-state index in [-0.39, 0.29) is 36.7 Å². The Labute approximate surface area is 238 Å². The van der Waals surface area contributed by atoms with Crippen LogP contribution in [0.5, 0.6) is 11.6 Å². The third-order valence-electron chi connectivity index (χ3n) is 6.64.